The highest BCUT2D eigenvalue weighted by atomic mass is 19.2. The van der Waals surface area contributed by atoms with E-state index in [0.717, 1.165) is 17.8 Å². The van der Waals surface area contributed by atoms with Crippen LogP contribution in [0.1, 0.15) is 5.69 Å². The Labute approximate surface area is 102 Å². The summed E-state index contributed by atoms with van der Waals surface area (Å²) >= 11 is 0. The molecule has 0 radical (unpaired) electrons. The van der Waals surface area contributed by atoms with Crippen molar-refractivity contribution in [3.05, 3.63) is 41.7 Å². The van der Waals surface area contributed by atoms with Crippen molar-refractivity contribution in [1.29, 1.82) is 0 Å². The molecule has 3 N–H and O–H groups in total. The van der Waals surface area contributed by atoms with E-state index in [4.69, 9.17) is 5.73 Å². The molecule has 0 saturated heterocycles. The molecule has 0 saturated carbocycles. The van der Waals surface area contributed by atoms with Gasteiger partial charge in [-0.25, -0.2) is 8.78 Å². The van der Waals surface area contributed by atoms with Crippen molar-refractivity contribution in [2.45, 2.75) is 6.42 Å². The fourth-order valence-electron chi connectivity index (χ4n) is 1.38. The third-order valence-corrected chi connectivity index (χ3v) is 2.27. The zero-order chi connectivity index (χ0) is 13.0. The molecule has 5 nitrogen and oxygen atoms in total. The number of aromatic amines is 1. The lowest BCUT2D eigenvalue weighted by atomic mass is 10.3. The van der Waals surface area contributed by atoms with Gasteiger partial charge in [-0.05, 0) is 18.7 Å². The molecule has 1 aromatic carbocycles. The summed E-state index contributed by atoms with van der Waals surface area (Å²) in [6.07, 6.45) is 2.08. The number of hydrogen-bond acceptors (Lipinski definition) is 4. The first-order chi connectivity index (χ1) is 8.70. The number of nitrogens with one attached hydrogen (secondary N) is 1. The minimum atomic E-state index is -0.958. The Balaban J connectivity index is 2.19. The first kappa shape index (κ1) is 12.3. The van der Waals surface area contributed by atoms with Crippen molar-refractivity contribution >= 4 is 11.4 Å². The molecule has 0 aliphatic rings. The molecule has 0 unspecified atom stereocenters. The van der Waals surface area contributed by atoms with Crippen molar-refractivity contribution in [3.63, 3.8) is 0 Å². The molecule has 0 fully saturated rings. The van der Waals surface area contributed by atoms with Gasteiger partial charge < -0.3 is 5.73 Å². The average molecular weight is 251 g/mol. The molecule has 1 heterocycles. The molecule has 18 heavy (non-hydrogen) atoms. The molecular weight excluding hydrogens is 240 g/mol. The predicted octanol–water partition coefficient (Wildman–Crippen LogP) is 2.60. The summed E-state index contributed by atoms with van der Waals surface area (Å²) in [4.78, 5) is 0. The third-order valence-electron chi connectivity index (χ3n) is 2.27. The van der Waals surface area contributed by atoms with Crippen LogP contribution in [0.5, 0.6) is 0 Å². The van der Waals surface area contributed by atoms with Crippen LogP contribution in [0, 0.1) is 11.6 Å². The number of hydrogen-bond donors (Lipinski definition) is 2. The first-order valence-corrected chi connectivity index (χ1v) is 5.30. The Morgan fingerprint density at radius 3 is 2.78 bits per heavy atom. The summed E-state index contributed by atoms with van der Waals surface area (Å²) < 4.78 is 25.6. The maximum atomic E-state index is 12.9. The van der Waals surface area contributed by atoms with Crippen LogP contribution >= 0.6 is 0 Å². The second-order valence-electron chi connectivity index (χ2n) is 3.57. The summed E-state index contributed by atoms with van der Waals surface area (Å²) in [5, 5.41) is 14.3. The van der Waals surface area contributed by atoms with Crippen LogP contribution in [0.25, 0.3) is 0 Å². The normalized spacial score (nSPS) is 11.3. The number of H-pyrrole nitrogens is 1. The Bertz CT molecular complexity index is 564. The van der Waals surface area contributed by atoms with Gasteiger partial charge in [0.2, 0.25) is 0 Å². The molecular formula is C11H11F2N5. The summed E-state index contributed by atoms with van der Waals surface area (Å²) in [6, 6.07) is 3.31. The van der Waals surface area contributed by atoms with E-state index in [1.165, 1.54) is 12.3 Å². The van der Waals surface area contributed by atoms with E-state index in [1.54, 1.807) is 0 Å². The fourth-order valence-corrected chi connectivity index (χ4v) is 1.38. The highest BCUT2D eigenvalue weighted by Crippen LogP contribution is 2.21. The maximum Gasteiger partial charge on any atom is 0.161 e. The Morgan fingerprint density at radius 2 is 2.06 bits per heavy atom. The maximum absolute atomic E-state index is 12.9. The summed E-state index contributed by atoms with van der Waals surface area (Å²) in [5.74, 6) is -1.87. The Morgan fingerprint density at radius 1 is 1.22 bits per heavy atom. The number of benzene rings is 1. The number of halogens is 2. The van der Waals surface area contributed by atoms with Crippen molar-refractivity contribution in [2.24, 2.45) is 16.0 Å². The van der Waals surface area contributed by atoms with Gasteiger partial charge in [-0.1, -0.05) is 0 Å². The van der Waals surface area contributed by atoms with Crippen molar-refractivity contribution in [2.75, 3.05) is 6.54 Å². The van der Waals surface area contributed by atoms with Crippen molar-refractivity contribution in [1.82, 2.24) is 10.2 Å². The smallest absolute Gasteiger partial charge is 0.161 e. The van der Waals surface area contributed by atoms with Gasteiger partial charge in [0.15, 0.2) is 11.6 Å². The largest absolute Gasteiger partial charge is 0.330 e. The fraction of sp³-hybridized carbons (Fsp3) is 0.182. The minimum absolute atomic E-state index is 0.230. The molecule has 0 spiro atoms. The van der Waals surface area contributed by atoms with Gasteiger partial charge in [0.25, 0.3) is 0 Å². The Kier molecular flexibility index (Phi) is 3.73. The second-order valence-corrected chi connectivity index (χ2v) is 3.57. The second kappa shape index (κ2) is 5.46. The molecule has 7 heteroatoms. The van der Waals surface area contributed by atoms with Gasteiger partial charge in [0.05, 0.1) is 17.6 Å². The van der Waals surface area contributed by atoms with Crippen LogP contribution in [-0.2, 0) is 6.42 Å². The zero-order valence-corrected chi connectivity index (χ0v) is 9.40. The number of rotatable bonds is 4. The zero-order valence-electron chi connectivity index (χ0n) is 9.40. The molecule has 0 amide bonds. The van der Waals surface area contributed by atoms with E-state index in [1.807, 2.05) is 0 Å². The lowest BCUT2D eigenvalue weighted by molar-refractivity contribution is 0.509. The van der Waals surface area contributed by atoms with Gasteiger partial charge in [-0.15, -0.1) is 5.11 Å². The van der Waals surface area contributed by atoms with Gasteiger partial charge in [0.1, 0.15) is 5.69 Å². The summed E-state index contributed by atoms with van der Waals surface area (Å²) in [7, 11) is 0. The molecule has 1 aromatic heterocycles. The number of aromatic nitrogens is 2. The van der Waals surface area contributed by atoms with Crippen LogP contribution in [0.4, 0.5) is 20.2 Å². The summed E-state index contributed by atoms with van der Waals surface area (Å²) in [6.45, 7) is 0.454. The Hall–Kier alpha value is -2.15. The molecule has 0 bridgehead atoms. The third kappa shape index (κ3) is 2.75. The van der Waals surface area contributed by atoms with Crippen LogP contribution in [0.3, 0.4) is 0 Å². The molecule has 94 valence electrons. The predicted molar refractivity (Wildman–Crippen MR) is 61.9 cm³/mol. The molecule has 0 atom stereocenters. The number of nitrogens with two attached hydrogens (primary N) is 1. The topological polar surface area (TPSA) is 79.4 Å². The van der Waals surface area contributed by atoms with Crippen molar-refractivity contribution in [3.8, 4) is 0 Å². The van der Waals surface area contributed by atoms with Crippen LogP contribution in [0.15, 0.2) is 34.6 Å². The molecule has 2 aromatic rings. The average Bonchev–Trinajstić information content (AvgIpc) is 2.79. The number of azo groups is 1. The SMILES string of the molecule is NCCc1[nH]ncc1N=Nc1ccc(F)c(F)c1. The van der Waals surface area contributed by atoms with Gasteiger partial charge >= 0.3 is 0 Å². The lowest BCUT2D eigenvalue weighted by Crippen LogP contribution is -2.02. The van der Waals surface area contributed by atoms with E-state index >= 15 is 0 Å². The van der Waals surface area contributed by atoms with Gasteiger partial charge in [-0.3, -0.25) is 5.10 Å². The van der Waals surface area contributed by atoms with E-state index in [-0.39, 0.29) is 5.69 Å². The quantitative estimate of drug-likeness (QED) is 0.819. The molecule has 0 aliphatic heterocycles. The van der Waals surface area contributed by atoms with Crippen molar-refractivity contribution < 1.29 is 8.78 Å². The monoisotopic (exact) mass is 251 g/mol. The van der Waals surface area contributed by atoms with Crippen LogP contribution in [-0.4, -0.2) is 16.7 Å². The van der Waals surface area contributed by atoms with Crippen LogP contribution < -0.4 is 5.73 Å². The number of nitrogens with zero attached hydrogens (tertiary/aromatic N) is 3. The highest BCUT2D eigenvalue weighted by Gasteiger charge is 2.04. The first-order valence-electron chi connectivity index (χ1n) is 5.30. The van der Waals surface area contributed by atoms with Crippen LogP contribution in [0.2, 0.25) is 0 Å². The van der Waals surface area contributed by atoms with E-state index < -0.39 is 11.6 Å². The van der Waals surface area contributed by atoms with E-state index in [2.05, 4.69) is 20.4 Å². The van der Waals surface area contributed by atoms with E-state index in [0.29, 0.717) is 18.7 Å². The molecule has 2 rings (SSSR count). The van der Waals surface area contributed by atoms with Gasteiger partial charge in [-0.2, -0.15) is 10.2 Å². The highest BCUT2D eigenvalue weighted by molar-refractivity contribution is 5.41. The lowest BCUT2D eigenvalue weighted by Gasteiger charge is -1.96. The summed E-state index contributed by atoms with van der Waals surface area (Å²) in [5.41, 5.74) is 6.94. The van der Waals surface area contributed by atoms with E-state index in [9.17, 15) is 8.78 Å². The minimum Gasteiger partial charge on any atom is -0.330 e. The molecule has 0 aliphatic carbocycles. The standard InChI is InChI=1S/C11H11F2N5/c12-8-2-1-7(5-9(8)13)16-18-11-6-15-17-10(11)3-4-14/h1-2,5-6H,3-4,14H2,(H,15,17). The van der Waals surface area contributed by atoms with Gasteiger partial charge in [0, 0.05) is 12.5 Å².